The highest BCUT2D eigenvalue weighted by molar-refractivity contribution is 6.28. The Kier molecular flexibility index (Phi) is 3.54. The van der Waals surface area contributed by atoms with Crippen LogP contribution < -0.4 is 0 Å². The van der Waals surface area contributed by atoms with E-state index in [1.165, 1.54) is 25.1 Å². The molecule has 0 spiro atoms. The molecule has 0 bridgehead atoms. The lowest BCUT2D eigenvalue weighted by Crippen LogP contribution is -2.47. The van der Waals surface area contributed by atoms with Crippen molar-refractivity contribution in [2.75, 3.05) is 0 Å². The molecule has 7 heteroatoms. The highest BCUT2D eigenvalue weighted by Gasteiger charge is 2.46. The largest absolute Gasteiger partial charge is 0.507 e. The molecular formula is C16H14O7. The first-order chi connectivity index (χ1) is 10.8. The van der Waals surface area contributed by atoms with E-state index in [-0.39, 0.29) is 28.0 Å². The number of phenols is 1. The van der Waals surface area contributed by atoms with Crippen molar-refractivity contribution in [3.05, 3.63) is 40.5 Å². The predicted molar refractivity (Wildman–Crippen MR) is 76.4 cm³/mol. The highest BCUT2D eigenvalue weighted by atomic mass is 16.5. The highest BCUT2D eigenvalue weighted by Crippen LogP contribution is 2.39. The molecule has 1 heterocycles. The fraction of sp³-hybridized carbons (Fsp3) is 0.312. The number of hydrogen-bond donors (Lipinski definition) is 3. The van der Waals surface area contributed by atoms with Crippen LogP contribution >= 0.6 is 0 Å². The van der Waals surface area contributed by atoms with Crippen LogP contribution in [0.4, 0.5) is 0 Å². The topological polar surface area (TPSA) is 121 Å². The van der Waals surface area contributed by atoms with Crippen molar-refractivity contribution in [2.24, 2.45) is 0 Å². The normalized spacial score (nSPS) is 26.8. The number of hydrogen-bond acceptors (Lipinski definition) is 6. The van der Waals surface area contributed by atoms with Gasteiger partial charge in [0.15, 0.2) is 11.6 Å². The minimum atomic E-state index is -1.51. The number of fused-ring (bicyclic) bond motifs is 1. The summed E-state index contributed by atoms with van der Waals surface area (Å²) in [7, 11) is 0. The zero-order chi connectivity index (χ0) is 16.9. The average Bonchev–Trinajstić information content (AvgIpc) is 2.47. The molecule has 0 radical (unpaired) electrons. The molecule has 3 rings (SSSR count). The Morgan fingerprint density at radius 1 is 1.22 bits per heavy atom. The summed E-state index contributed by atoms with van der Waals surface area (Å²) in [6.07, 6.45) is -3.97. The molecule has 3 N–H and O–H groups in total. The van der Waals surface area contributed by atoms with Crippen molar-refractivity contribution >= 4 is 17.5 Å². The molecule has 2 aliphatic rings. The number of aliphatic hydroxyl groups excluding tert-OH is 1. The predicted octanol–water partition coefficient (Wildman–Crippen LogP) is 0.691. The maximum Gasteiger partial charge on any atom is 0.306 e. The zero-order valence-electron chi connectivity index (χ0n) is 12.1. The quantitative estimate of drug-likeness (QED) is 0.733. The first-order valence-corrected chi connectivity index (χ1v) is 7.03. The molecule has 1 aromatic carbocycles. The smallest absolute Gasteiger partial charge is 0.306 e. The molecule has 3 unspecified atom stereocenters. The molecule has 0 saturated carbocycles. The van der Waals surface area contributed by atoms with E-state index in [9.17, 15) is 24.6 Å². The Labute approximate surface area is 130 Å². The zero-order valence-corrected chi connectivity index (χ0v) is 12.1. The monoisotopic (exact) mass is 318 g/mol. The maximum absolute atomic E-state index is 12.7. The van der Waals surface area contributed by atoms with Gasteiger partial charge >= 0.3 is 5.97 Å². The van der Waals surface area contributed by atoms with Gasteiger partial charge in [0, 0.05) is 16.7 Å². The fourth-order valence-corrected chi connectivity index (χ4v) is 3.11. The first-order valence-electron chi connectivity index (χ1n) is 7.03. The van der Waals surface area contributed by atoms with Crippen LogP contribution in [0.1, 0.15) is 34.1 Å². The number of aromatic hydroxyl groups is 1. The Balaban J connectivity index is 2.14. The molecule has 0 amide bonds. The summed E-state index contributed by atoms with van der Waals surface area (Å²) >= 11 is 0. The fourth-order valence-electron chi connectivity index (χ4n) is 3.11. The minimum Gasteiger partial charge on any atom is -0.507 e. The molecule has 3 atom stereocenters. The van der Waals surface area contributed by atoms with E-state index in [1.807, 2.05) is 0 Å². The summed E-state index contributed by atoms with van der Waals surface area (Å²) in [5, 5.41) is 29.1. The summed E-state index contributed by atoms with van der Waals surface area (Å²) in [5.74, 6) is -2.68. The van der Waals surface area contributed by atoms with Crippen LogP contribution in [-0.2, 0) is 9.53 Å². The summed E-state index contributed by atoms with van der Waals surface area (Å²) in [5.41, 5.74) is -0.289. The van der Waals surface area contributed by atoms with Crippen LogP contribution in [-0.4, -0.2) is 51.2 Å². The number of carbonyl (C=O) groups excluding carboxylic acids is 2. The number of carboxylic acid groups (broad SMARTS) is 1. The number of ketones is 2. The van der Waals surface area contributed by atoms with Gasteiger partial charge in [0.05, 0.1) is 24.2 Å². The van der Waals surface area contributed by atoms with Gasteiger partial charge in [-0.15, -0.1) is 0 Å². The minimum absolute atomic E-state index is 0.00373. The number of phenolic OH excluding ortho intramolecular Hbond substituents is 1. The average molecular weight is 318 g/mol. The molecule has 7 nitrogen and oxygen atoms in total. The van der Waals surface area contributed by atoms with Gasteiger partial charge in [-0.2, -0.15) is 0 Å². The summed E-state index contributed by atoms with van der Waals surface area (Å²) < 4.78 is 5.41. The van der Waals surface area contributed by atoms with E-state index < -0.39 is 42.3 Å². The number of ether oxygens (including phenoxy) is 1. The van der Waals surface area contributed by atoms with Gasteiger partial charge in [-0.1, -0.05) is 12.1 Å². The van der Waals surface area contributed by atoms with Crippen LogP contribution in [0.2, 0.25) is 0 Å². The van der Waals surface area contributed by atoms with Crippen molar-refractivity contribution in [3.63, 3.8) is 0 Å². The number of carbonyl (C=O) groups is 3. The number of Topliss-reactive ketones (excluding diaryl/α,β-unsaturated/α-hetero) is 2. The van der Waals surface area contributed by atoms with E-state index in [2.05, 4.69) is 0 Å². The van der Waals surface area contributed by atoms with Gasteiger partial charge in [0.1, 0.15) is 11.9 Å². The molecule has 0 aromatic heterocycles. The maximum atomic E-state index is 12.7. The number of rotatable bonds is 2. The lowest BCUT2D eigenvalue weighted by atomic mass is 9.77. The molecule has 0 fully saturated rings. The van der Waals surface area contributed by atoms with Gasteiger partial charge in [-0.25, -0.2) is 0 Å². The van der Waals surface area contributed by atoms with Crippen molar-refractivity contribution < 1.29 is 34.4 Å². The first kappa shape index (κ1) is 15.4. The Bertz CT molecular complexity index is 762. The van der Waals surface area contributed by atoms with Crippen molar-refractivity contribution in [1.82, 2.24) is 0 Å². The molecular weight excluding hydrogens is 304 g/mol. The third kappa shape index (κ3) is 2.25. The van der Waals surface area contributed by atoms with E-state index in [4.69, 9.17) is 9.84 Å². The van der Waals surface area contributed by atoms with Crippen molar-refractivity contribution in [1.29, 1.82) is 0 Å². The number of aliphatic hydroxyl groups is 1. The number of aliphatic carboxylic acids is 1. The molecule has 1 aliphatic heterocycles. The summed E-state index contributed by atoms with van der Waals surface area (Å²) in [6, 6.07) is 4.11. The third-order valence-electron chi connectivity index (χ3n) is 4.10. The second-order valence-corrected chi connectivity index (χ2v) is 5.54. The van der Waals surface area contributed by atoms with Crippen LogP contribution in [0.15, 0.2) is 29.3 Å². The molecule has 1 aliphatic carbocycles. The summed E-state index contributed by atoms with van der Waals surface area (Å²) in [6.45, 7) is 1.51. The van der Waals surface area contributed by atoms with Crippen LogP contribution in [0.25, 0.3) is 0 Å². The lowest BCUT2D eigenvalue weighted by molar-refractivity contribution is -0.144. The second kappa shape index (κ2) is 5.29. The van der Waals surface area contributed by atoms with Crippen molar-refractivity contribution in [3.8, 4) is 5.75 Å². The Hall–Kier alpha value is -2.51. The summed E-state index contributed by atoms with van der Waals surface area (Å²) in [4.78, 5) is 36.2. The van der Waals surface area contributed by atoms with E-state index >= 15 is 0 Å². The van der Waals surface area contributed by atoms with Gasteiger partial charge in [0.2, 0.25) is 0 Å². The Morgan fingerprint density at radius 3 is 2.57 bits per heavy atom. The molecule has 0 saturated heterocycles. The van der Waals surface area contributed by atoms with Gasteiger partial charge in [-0.05, 0) is 13.0 Å². The molecule has 1 aromatic rings. The van der Waals surface area contributed by atoms with Gasteiger partial charge in [0.25, 0.3) is 0 Å². The van der Waals surface area contributed by atoms with E-state index in [0.29, 0.717) is 0 Å². The SMILES string of the molecule is CC1OC(CC(=O)O)C(O)C2=C1C(=O)c1c(O)cccc1C2=O. The third-order valence-corrected chi connectivity index (χ3v) is 4.10. The number of benzene rings is 1. The number of carboxylic acids is 1. The van der Waals surface area contributed by atoms with E-state index in [1.54, 1.807) is 0 Å². The lowest BCUT2D eigenvalue weighted by Gasteiger charge is -2.37. The van der Waals surface area contributed by atoms with Gasteiger partial charge < -0.3 is 20.1 Å². The van der Waals surface area contributed by atoms with Crippen LogP contribution in [0.5, 0.6) is 5.75 Å². The van der Waals surface area contributed by atoms with Gasteiger partial charge in [-0.3, -0.25) is 14.4 Å². The standard InChI is InChI=1S/C16H14O7/c1-6-11-13(15(21)9(23-6)5-10(18)19)14(20)7-3-2-4-8(17)12(7)16(11)22/h2-4,6,9,15,17,21H,5H2,1H3,(H,18,19). The van der Waals surface area contributed by atoms with Crippen molar-refractivity contribution in [2.45, 2.75) is 31.7 Å². The van der Waals surface area contributed by atoms with Crippen LogP contribution in [0, 0.1) is 0 Å². The van der Waals surface area contributed by atoms with Crippen LogP contribution in [0.3, 0.4) is 0 Å². The molecule has 120 valence electrons. The molecule has 23 heavy (non-hydrogen) atoms. The van der Waals surface area contributed by atoms with E-state index in [0.717, 1.165) is 0 Å². The Morgan fingerprint density at radius 2 is 1.91 bits per heavy atom. The second-order valence-electron chi connectivity index (χ2n) is 5.54.